The molecule has 0 radical (unpaired) electrons. The van der Waals surface area contributed by atoms with Gasteiger partial charge in [0.1, 0.15) is 21.7 Å². The lowest BCUT2D eigenvalue weighted by Gasteiger charge is -2.17. The van der Waals surface area contributed by atoms with Gasteiger partial charge < -0.3 is 26.2 Å². The van der Waals surface area contributed by atoms with Crippen LogP contribution in [0.3, 0.4) is 0 Å². The molecule has 4 N–H and O–H groups in total. The molecule has 5 aromatic rings. The number of hydrogen-bond donors (Lipinski definition) is 4. The Morgan fingerprint density at radius 1 is 0.791 bits per heavy atom. The van der Waals surface area contributed by atoms with E-state index in [2.05, 4.69) is 74.2 Å². The van der Waals surface area contributed by atoms with E-state index in [1.807, 2.05) is 54.6 Å². The number of benzene rings is 3. The minimum absolute atomic E-state index is 0.273. The topological polar surface area (TPSA) is 107 Å². The highest BCUT2D eigenvalue weighted by atomic mass is 32.1. The van der Waals surface area contributed by atoms with Gasteiger partial charge in [-0.25, -0.2) is 19.7 Å². The van der Waals surface area contributed by atoms with Crippen LogP contribution in [-0.2, 0) is 6.42 Å². The first kappa shape index (κ1) is 29.9. The molecule has 0 fully saturated rings. The van der Waals surface area contributed by atoms with Crippen molar-refractivity contribution in [3.05, 3.63) is 90.8 Å². The van der Waals surface area contributed by atoms with Crippen molar-refractivity contribution in [3.8, 4) is 10.6 Å². The molecule has 10 heteroatoms. The lowest BCUT2D eigenvalue weighted by molar-refractivity contribution is 0.262. The van der Waals surface area contributed by atoms with Gasteiger partial charge in [0.2, 0.25) is 0 Å². The third kappa shape index (κ3) is 8.50. The van der Waals surface area contributed by atoms with Gasteiger partial charge in [-0.1, -0.05) is 55.5 Å². The molecule has 0 bridgehead atoms. The molecular formula is C33H38N8OS. The normalized spacial score (nSPS) is 11.0. The van der Waals surface area contributed by atoms with Crippen LogP contribution in [-0.4, -0.2) is 58.6 Å². The first-order valence-electron chi connectivity index (χ1n) is 14.8. The van der Waals surface area contributed by atoms with E-state index in [-0.39, 0.29) is 6.03 Å². The third-order valence-electron chi connectivity index (χ3n) is 7.15. The molecule has 0 aliphatic carbocycles. The summed E-state index contributed by atoms with van der Waals surface area (Å²) >= 11 is 1.57. The highest BCUT2D eigenvalue weighted by Gasteiger charge is 2.12. The van der Waals surface area contributed by atoms with Gasteiger partial charge in [0.15, 0.2) is 5.82 Å². The molecule has 3 aromatic carbocycles. The Morgan fingerprint density at radius 3 is 2.21 bits per heavy atom. The zero-order chi connectivity index (χ0) is 29.9. The van der Waals surface area contributed by atoms with Crippen LogP contribution in [0, 0.1) is 0 Å². The van der Waals surface area contributed by atoms with Gasteiger partial charge in [-0.15, -0.1) is 0 Å². The summed E-state index contributed by atoms with van der Waals surface area (Å²) < 4.78 is 0. The van der Waals surface area contributed by atoms with Crippen LogP contribution < -0.4 is 21.3 Å². The van der Waals surface area contributed by atoms with Crippen molar-refractivity contribution in [2.45, 2.75) is 26.7 Å². The van der Waals surface area contributed by atoms with E-state index >= 15 is 0 Å². The molecular weight excluding hydrogens is 556 g/mol. The summed E-state index contributed by atoms with van der Waals surface area (Å²) in [6.45, 7) is 9.36. The van der Waals surface area contributed by atoms with Crippen LogP contribution in [0.2, 0.25) is 0 Å². The van der Waals surface area contributed by atoms with Crippen LogP contribution in [0.1, 0.15) is 25.8 Å². The number of anilines is 4. The quantitative estimate of drug-likeness (QED) is 0.101. The largest absolute Gasteiger partial charge is 0.385 e. The minimum Gasteiger partial charge on any atom is -0.385 e. The molecule has 2 aromatic heterocycles. The van der Waals surface area contributed by atoms with Crippen molar-refractivity contribution in [3.63, 3.8) is 0 Å². The van der Waals surface area contributed by atoms with E-state index in [0.29, 0.717) is 6.54 Å². The van der Waals surface area contributed by atoms with Gasteiger partial charge in [-0.2, -0.15) is 0 Å². The summed E-state index contributed by atoms with van der Waals surface area (Å²) in [6.07, 6.45) is 3.49. The van der Waals surface area contributed by atoms with Crippen molar-refractivity contribution >= 4 is 50.6 Å². The van der Waals surface area contributed by atoms with Crippen molar-refractivity contribution in [2.75, 3.05) is 54.0 Å². The number of rotatable bonds is 14. The predicted octanol–water partition coefficient (Wildman–Crippen LogP) is 7.20. The fraction of sp³-hybridized carbons (Fsp3) is 0.273. The van der Waals surface area contributed by atoms with Crippen LogP contribution in [0.4, 0.5) is 27.7 Å². The number of fused-ring (bicyclic) bond motifs is 1. The van der Waals surface area contributed by atoms with E-state index in [1.54, 1.807) is 17.7 Å². The molecule has 0 aliphatic heterocycles. The highest BCUT2D eigenvalue weighted by Crippen LogP contribution is 2.32. The number of hydrogen-bond acceptors (Lipinski definition) is 8. The Bertz CT molecular complexity index is 1590. The Kier molecular flexibility index (Phi) is 10.5. The maximum Gasteiger partial charge on any atom is 0.323 e. The molecule has 5 rings (SSSR count). The van der Waals surface area contributed by atoms with Crippen LogP contribution in [0.15, 0.2) is 85.2 Å². The van der Waals surface area contributed by atoms with Gasteiger partial charge in [-0.3, -0.25) is 0 Å². The maximum atomic E-state index is 12.2. The molecule has 43 heavy (non-hydrogen) atoms. The van der Waals surface area contributed by atoms with E-state index in [1.165, 1.54) is 0 Å². The first-order chi connectivity index (χ1) is 21.1. The monoisotopic (exact) mass is 594 g/mol. The number of thiazole rings is 1. The van der Waals surface area contributed by atoms with E-state index in [9.17, 15) is 4.79 Å². The van der Waals surface area contributed by atoms with Gasteiger partial charge in [0.25, 0.3) is 0 Å². The number of nitrogens with one attached hydrogen (secondary N) is 4. The second-order valence-electron chi connectivity index (χ2n) is 10.1. The first-order valence-corrected chi connectivity index (χ1v) is 15.6. The molecule has 0 spiro atoms. The summed E-state index contributed by atoms with van der Waals surface area (Å²) in [5.41, 5.74) is 5.59. The lowest BCUT2D eigenvalue weighted by atomic mass is 10.1. The summed E-state index contributed by atoms with van der Waals surface area (Å²) in [5.74, 6) is 0.731. The van der Waals surface area contributed by atoms with E-state index in [4.69, 9.17) is 4.98 Å². The Balaban J connectivity index is 1.12. The highest BCUT2D eigenvalue weighted by molar-refractivity contribution is 7.21. The smallest absolute Gasteiger partial charge is 0.323 e. The maximum absolute atomic E-state index is 12.2. The second-order valence-corrected chi connectivity index (χ2v) is 11.1. The summed E-state index contributed by atoms with van der Waals surface area (Å²) in [5, 5.41) is 13.6. The Morgan fingerprint density at radius 2 is 1.49 bits per heavy atom. The van der Waals surface area contributed by atoms with Crippen LogP contribution in [0.5, 0.6) is 0 Å². The van der Waals surface area contributed by atoms with Crippen LogP contribution >= 0.6 is 11.3 Å². The number of amides is 2. The van der Waals surface area contributed by atoms with Crippen molar-refractivity contribution < 1.29 is 4.79 Å². The Labute approximate surface area is 256 Å². The molecule has 9 nitrogen and oxygen atoms in total. The van der Waals surface area contributed by atoms with Gasteiger partial charge in [0, 0.05) is 35.7 Å². The average molecular weight is 595 g/mol. The van der Waals surface area contributed by atoms with Gasteiger partial charge in [-0.05, 0) is 86.6 Å². The zero-order valence-electron chi connectivity index (χ0n) is 24.6. The van der Waals surface area contributed by atoms with Crippen molar-refractivity contribution in [1.29, 1.82) is 0 Å². The van der Waals surface area contributed by atoms with Crippen LogP contribution in [0.25, 0.3) is 20.9 Å². The fourth-order valence-electron chi connectivity index (χ4n) is 4.71. The molecule has 0 saturated heterocycles. The van der Waals surface area contributed by atoms with E-state index < -0.39 is 0 Å². The zero-order valence-corrected chi connectivity index (χ0v) is 25.5. The predicted molar refractivity (Wildman–Crippen MR) is 179 cm³/mol. The van der Waals surface area contributed by atoms with Gasteiger partial charge in [0.05, 0.1) is 0 Å². The van der Waals surface area contributed by atoms with Crippen molar-refractivity contribution in [1.82, 2.24) is 19.9 Å². The number of carbonyl (C=O) groups excluding carboxylic acids is 1. The average Bonchev–Trinajstić information content (AvgIpc) is 3.48. The number of urea groups is 1. The SMILES string of the molecule is CCN(CC)CCCNc1ccc(-c2nc3c(NCCc4ccc(NC(=O)Nc5ccccc5)cc4)ncnc3s2)cc1. The summed E-state index contributed by atoms with van der Waals surface area (Å²) in [6, 6.07) is 25.4. The van der Waals surface area contributed by atoms with Crippen molar-refractivity contribution in [2.24, 2.45) is 0 Å². The van der Waals surface area contributed by atoms with E-state index in [0.717, 1.165) is 88.4 Å². The molecule has 222 valence electrons. The Hall–Kier alpha value is -4.54. The number of para-hydroxylation sites is 1. The molecule has 2 heterocycles. The second kappa shape index (κ2) is 15.1. The summed E-state index contributed by atoms with van der Waals surface area (Å²) in [7, 11) is 0. The van der Waals surface area contributed by atoms with Gasteiger partial charge >= 0.3 is 6.03 Å². The molecule has 0 unspecified atom stereocenters. The minimum atomic E-state index is -0.273. The molecule has 0 saturated carbocycles. The number of nitrogens with zero attached hydrogens (tertiary/aromatic N) is 4. The number of carbonyl (C=O) groups is 1. The third-order valence-corrected chi connectivity index (χ3v) is 8.16. The molecule has 0 atom stereocenters. The standard InChI is InChI=1S/C33H38N8OS/c1-3-41(4-2)22-8-20-34-26-17-13-25(14-18-26)31-40-29-30(36-23-37-32(29)43-31)35-21-19-24-11-15-28(16-12-24)39-33(42)38-27-9-6-5-7-10-27/h5-7,9-18,23,34H,3-4,8,19-22H2,1-2H3,(H,35,36,37)(H2,38,39,42). The number of aromatic nitrogens is 3. The lowest BCUT2D eigenvalue weighted by Crippen LogP contribution is -2.25. The molecule has 0 aliphatic rings. The fourth-order valence-corrected chi connectivity index (χ4v) is 5.62. The summed E-state index contributed by atoms with van der Waals surface area (Å²) in [4.78, 5) is 29.3. The molecule has 2 amide bonds.